The van der Waals surface area contributed by atoms with Crippen LogP contribution in [0.15, 0.2) is 170 Å². The van der Waals surface area contributed by atoms with Gasteiger partial charge in [0, 0.05) is 120 Å². The van der Waals surface area contributed by atoms with E-state index in [2.05, 4.69) is 123 Å². The lowest BCUT2D eigenvalue weighted by molar-refractivity contribution is -0.384. The fourth-order valence-electron chi connectivity index (χ4n) is 15.9. The Morgan fingerprint density at radius 2 is 0.579 bits per heavy atom. The van der Waals surface area contributed by atoms with Crippen molar-refractivity contribution >= 4 is 22.7 Å². The molecule has 126 heavy (non-hydrogen) atoms. The third-order valence-electron chi connectivity index (χ3n) is 23.1. The van der Waals surface area contributed by atoms with E-state index in [9.17, 15) is 20.2 Å². The molecular formula is C94H108N16O16. The molecule has 0 fully saturated rings. The molecule has 0 unspecified atom stereocenters. The zero-order valence-electron chi connectivity index (χ0n) is 73.3. The number of ether oxygens (including phenoxy) is 12. The highest BCUT2D eigenvalue weighted by Crippen LogP contribution is 2.42. The van der Waals surface area contributed by atoms with Gasteiger partial charge >= 0.3 is 0 Å². The van der Waals surface area contributed by atoms with Gasteiger partial charge in [0.1, 0.15) is 5.56 Å². The molecule has 0 bridgehead atoms. The van der Waals surface area contributed by atoms with E-state index in [1.165, 1.54) is 97.1 Å². The molecule has 6 heterocycles. The highest BCUT2D eigenvalue weighted by atomic mass is 16.6. The topological polar surface area (TPSA) is 349 Å². The highest BCUT2D eigenvalue weighted by Gasteiger charge is 2.28. The molecule has 10 aromatic carbocycles. The maximum atomic E-state index is 11.7. The van der Waals surface area contributed by atoms with Crippen molar-refractivity contribution in [2.45, 2.75) is 77.5 Å². The molecule has 0 spiro atoms. The van der Waals surface area contributed by atoms with Crippen LogP contribution in [0.4, 0.5) is 22.7 Å². The Labute approximate surface area is 732 Å². The van der Waals surface area contributed by atoms with E-state index in [0.717, 1.165) is 193 Å². The van der Waals surface area contributed by atoms with E-state index >= 15 is 0 Å². The summed E-state index contributed by atoms with van der Waals surface area (Å²) in [6.07, 6.45) is 7.75. The second-order valence-electron chi connectivity index (χ2n) is 30.6. The van der Waals surface area contributed by atoms with E-state index in [1.54, 1.807) is 95.4 Å². The van der Waals surface area contributed by atoms with Gasteiger partial charge in [-0.25, -0.2) is 0 Å². The number of nitrogens with two attached hydrogens (primary N) is 2. The Morgan fingerprint density at radius 1 is 0.317 bits per heavy atom. The van der Waals surface area contributed by atoms with E-state index in [-0.39, 0.29) is 33.4 Å². The molecule has 660 valence electrons. The normalized spacial score (nSPS) is 13.5. The van der Waals surface area contributed by atoms with Crippen molar-refractivity contribution in [1.29, 1.82) is 0 Å². The van der Waals surface area contributed by atoms with Crippen molar-refractivity contribution < 1.29 is 66.7 Å². The van der Waals surface area contributed by atoms with E-state index in [1.807, 2.05) is 60.7 Å². The summed E-state index contributed by atoms with van der Waals surface area (Å²) in [6, 6.07) is 54.0. The SMILES string of the molecule is COc1cc(N)c(-c2nnn(-c3ccc(CCN4CCc5cc(OC)c(OC)cc5C4)cc3)n2)cc1OC.COc1cc2c(cc1OC)CN(CCc1ccc(-n3nnc(-c4cc(OC)c(OC)cc4[N+](=O)[O-])n3)cc1)CC2.COc1cc2c(cc1OC)CN(CCc1ccc(N)cc1)CC2.COc1cc2c(cc1OC)CN(CCc1ccc([N+](=O)[O-])cc1)CC2. The van der Waals surface area contributed by atoms with Crippen molar-refractivity contribution in [3.05, 3.63) is 257 Å². The van der Waals surface area contributed by atoms with E-state index < -0.39 is 4.92 Å². The number of non-ortho nitro benzene ring substituents is 1. The maximum Gasteiger partial charge on any atom is 0.284 e. The Kier molecular flexibility index (Phi) is 30.3. The first-order valence-electron chi connectivity index (χ1n) is 41.4. The van der Waals surface area contributed by atoms with Gasteiger partial charge in [0.05, 0.1) is 113 Å². The summed E-state index contributed by atoms with van der Waals surface area (Å²) in [5, 5.41) is 47.9. The Bertz CT molecular complexity index is 5720. The first-order valence-corrected chi connectivity index (χ1v) is 41.4. The summed E-state index contributed by atoms with van der Waals surface area (Å²) in [4.78, 5) is 34.2. The highest BCUT2D eigenvalue weighted by molar-refractivity contribution is 5.76. The third kappa shape index (κ3) is 22.0. The summed E-state index contributed by atoms with van der Waals surface area (Å²) < 4.78 is 64.6. The minimum Gasteiger partial charge on any atom is -0.493 e. The molecule has 0 amide bonds. The number of nitrogens with zero attached hydrogens (tertiary/aromatic N) is 14. The van der Waals surface area contributed by atoms with Crippen LogP contribution in [0.1, 0.15) is 66.8 Å². The summed E-state index contributed by atoms with van der Waals surface area (Å²) in [5.41, 5.74) is 30.9. The number of anilines is 2. The molecule has 16 rings (SSSR count). The summed E-state index contributed by atoms with van der Waals surface area (Å²) in [6.45, 7) is 11.5. The maximum absolute atomic E-state index is 11.7. The summed E-state index contributed by atoms with van der Waals surface area (Å²) in [5.74, 6) is 8.46. The number of nitro benzene ring substituents is 2. The van der Waals surface area contributed by atoms with E-state index in [4.69, 9.17) is 68.3 Å². The second-order valence-corrected chi connectivity index (χ2v) is 30.6. The van der Waals surface area contributed by atoms with Crippen molar-refractivity contribution in [3.8, 4) is 103 Å². The van der Waals surface area contributed by atoms with Gasteiger partial charge < -0.3 is 68.3 Å². The van der Waals surface area contributed by atoms with Gasteiger partial charge in [0.15, 0.2) is 69.0 Å². The molecule has 12 aromatic rings. The van der Waals surface area contributed by atoms with Crippen molar-refractivity contribution in [3.63, 3.8) is 0 Å². The largest absolute Gasteiger partial charge is 0.493 e. The zero-order valence-corrected chi connectivity index (χ0v) is 73.3. The Hall–Kier alpha value is -13.8. The fraction of sp³-hybridized carbons (Fsp3) is 0.340. The molecule has 4 aliphatic heterocycles. The number of tetrazole rings is 2. The van der Waals surface area contributed by atoms with Gasteiger partial charge in [-0.2, -0.15) is 0 Å². The minimum atomic E-state index is -0.513. The van der Waals surface area contributed by atoms with Crippen molar-refractivity contribution in [2.75, 3.05) is 149 Å². The number of fused-ring (bicyclic) bond motifs is 4. The average molecular weight is 1720 g/mol. The molecule has 0 aliphatic carbocycles. The lowest BCUT2D eigenvalue weighted by Gasteiger charge is -2.29. The summed E-state index contributed by atoms with van der Waals surface area (Å²) in [7, 11) is 19.4. The number of nitrogen functional groups attached to an aromatic ring is 2. The molecule has 4 N–H and O–H groups in total. The van der Waals surface area contributed by atoms with E-state index in [0.29, 0.717) is 40.0 Å². The van der Waals surface area contributed by atoms with Gasteiger partial charge in [0.2, 0.25) is 11.6 Å². The lowest BCUT2D eigenvalue weighted by Crippen LogP contribution is -2.32. The number of nitro groups is 2. The van der Waals surface area contributed by atoms with Crippen LogP contribution in [0.2, 0.25) is 0 Å². The molecule has 32 nitrogen and oxygen atoms in total. The van der Waals surface area contributed by atoms with Gasteiger partial charge in [-0.3, -0.25) is 39.8 Å². The number of hydrogen-bond acceptors (Lipinski definition) is 28. The van der Waals surface area contributed by atoms with Crippen LogP contribution in [-0.4, -0.2) is 208 Å². The van der Waals surface area contributed by atoms with Crippen molar-refractivity contribution in [1.82, 2.24) is 60.0 Å². The molecule has 0 radical (unpaired) electrons. The van der Waals surface area contributed by atoms with Crippen LogP contribution in [0, 0.1) is 20.2 Å². The van der Waals surface area contributed by atoms with Gasteiger partial charge in [0.25, 0.3) is 11.4 Å². The number of hydrogen-bond donors (Lipinski definition) is 2. The first kappa shape index (κ1) is 89.9. The smallest absolute Gasteiger partial charge is 0.284 e. The first-order chi connectivity index (χ1) is 61.2. The number of aromatic nitrogens is 8. The van der Waals surface area contributed by atoms with Crippen LogP contribution in [0.3, 0.4) is 0 Å². The van der Waals surface area contributed by atoms with Crippen LogP contribution >= 0.6 is 0 Å². The predicted octanol–water partition coefficient (Wildman–Crippen LogP) is 13.5. The molecule has 0 saturated heterocycles. The van der Waals surface area contributed by atoms with Crippen LogP contribution in [0.5, 0.6) is 69.0 Å². The quantitative estimate of drug-likeness (QED) is 0.0240. The standard InChI is InChI=1S/C28H30N6O6.C28H32N6O4.C19H22N2O4.C19H24N2O2/c1-37-24-13-19-10-12-32(17-20(19)14-25(24)38-2)11-9-18-5-7-21(8-6-18)33-30-28(29-31-33)22-15-26(39-3)27(40-4)16-23(22)34(35)36;1-35-24-13-19-10-12-33(17-20(19)14-25(24)36-2)11-9-18-5-7-21(8-6-18)34-31-28(30-32-34)22-15-26(37-3)27(38-4)16-23(22)29;1-24-18-11-15-8-10-20(13-16(15)12-19(18)25-2)9-7-14-3-5-17(6-4-14)21(22)23;1-22-18-11-15-8-10-21(13-16(15)12-19(18)23-2)9-7-14-3-5-17(20)6-4-14/h5-8,13-16H,9-12,17H2,1-4H3;5-8,13-16H,9-12,17,29H2,1-4H3;3-6,11-12H,7-10,13H2,1-2H3;3-6,11-12H,7-10,13,20H2,1-2H3. The molecule has 0 saturated carbocycles. The number of methoxy groups -OCH3 is 12. The number of rotatable bonds is 30. The fourth-order valence-corrected chi connectivity index (χ4v) is 15.9. The minimum absolute atomic E-state index is 0.108. The van der Waals surface area contributed by atoms with Gasteiger partial charge in [-0.15, -0.1) is 30.0 Å². The summed E-state index contributed by atoms with van der Waals surface area (Å²) >= 11 is 0. The Balaban J connectivity index is 0.000000148. The monoisotopic (exact) mass is 1720 g/mol. The molecule has 2 aromatic heterocycles. The molecule has 0 atom stereocenters. The van der Waals surface area contributed by atoms with Crippen molar-refractivity contribution in [2.24, 2.45) is 0 Å². The van der Waals surface area contributed by atoms with Crippen LogP contribution in [-0.2, 0) is 77.5 Å². The zero-order chi connectivity index (χ0) is 88.9. The average Bonchev–Trinajstić information content (AvgIpc) is 1.49. The second kappa shape index (κ2) is 42.5. The predicted molar refractivity (Wildman–Crippen MR) is 479 cm³/mol. The van der Waals surface area contributed by atoms with Crippen LogP contribution < -0.4 is 68.3 Å². The third-order valence-corrected chi connectivity index (χ3v) is 23.1. The Morgan fingerprint density at radius 3 is 0.881 bits per heavy atom. The van der Waals surface area contributed by atoms with Gasteiger partial charge in [-0.05, 0) is 220 Å². The molecule has 4 aliphatic rings. The van der Waals surface area contributed by atoms with Gasteiger partial charge in [-0.1, -0.05) is 48.5 Å². The molecular weight excluding hydrogens is 1610 g/mol. The molecule has 32 heteroatoms. The van der Waals surface area contributed by atoms with Crippen LogP contribution in [0.25, 0.3) is 34.2 Å². The lowest BCUT2D eigenvalue weighted by atomic mass is 9.98. The number of benzene rings is 10.